The standard InChI is InChI=1S/C22H18FN3O3S/c23-15-6-8-16(9-7-15)26-20(3-1-2-4-21(27)28)25-18-11-14(19-12-24-13-30-19)5-10-17(18)22(26)29/h5-13H,1-4H2,(H,27,28). The van der Waals surface area contributed by atoms with Crippen LogP contribution in [0.2, 0.25) is 0 Å². The van der Waals surface area contributed by atoms with Gasteiger partial charge < -0.3 is 5.11 Å². The lowest BCUT2D eigenvalue weighted by molar-refractivity contribution is -0.137. The topological polar surface area (TPSA) is 85.1 Å². The molecule has 0 aliphatic rings. The SMILES string of the molecule is O=C(O)CCCCc1nc2cc(-c3cncs3)ccc2c(=O)n1-c1ccc(F)cc1. The van der Waals surface area contributed by atoms with Gasteiger partial charge in [-0.3, -0.25) is 19.1 Å². The van der Waals surface area contributed by atoms with Gasteiger partial charge in [-0.05, 0) is 54.8 Å². The Morgan fingerprint density at radius 3 is 2.63 bits per heavy atom. The predicted octanol–water partition coefficient (Wildman–Crippen LogP) is 4.45. The van der Waals surface area contributed by atoms with Crippen molar-refractivity contribution in [3.8, 4) is 16.1 Å². The maximum absolute atomic E-state index is 13.4. The minimum Gasteiger partial charge on any atom is -0.481 e. The van der Waals surface area contributed by atoms with Crippen LogP contribution in [0.5, 0.6) is 0 Å². The van der Waals surface area contributed by atoms with Gasteiger partial charge in [0.1, 0.15) is 11.6 Å². The lowest BCUT2D eigenvalue weighted by Crippen LogP contribution is -2.24. The summed E-state index contributed by atoms with van der Waals surface area (Å²) in [7, 11) is 0. The molecule has 2 aromatic heterocycles. The first-order valence-electron chi connectivity index (χ1n) is 9.45. The fraction of sp³-hybridized carbons (Fsp3) is 0.182. The highest BCUT2D eigenvalue weighted by molar-refractivity contribution is 7.13. The second-order valence-corrected chi connectivity index (χ2v) is 7.73. The molecule has 2 aromatic carbocycles. The molecule has 6 nitrogen and oxygen atoms in total. The molecule has 0 radical (unpaired) electrons. The van der Waals surface area contributed by atoms with Gasteiger partial charge in [0, 0.05) is 19.0 Å². The minimum atomic E-state index is -0.855. The zero-order valence-electron chi connectivity index (χ0n) is 15.9. The molecule has 0 amide bonds. The molecule has 0 unspecified atom stereocenters. The van der Waals surface area contributed by atoms with Crippen molar-refractivity contribution in [2.24, 2.45) is 0 Å². The number of rotatable bonds is 7. The third-order valence-corrected chi connectivity index (χ3v) is 5.60. The Kier molecular flexibility index (Phi) is 5.67. The van der Waals surface area contributed by atoms with Gasteiger partial charge >= 0.3 is 5.97 Å². The van der Waals surface area contributed by atoms with Crippen LogP contribution in [0.15, 0.2) is 59.0 Å². The number of fused-ring (bicyclic) bond motifs is 1. The number of aryl methyl sites for hydroxylation is 1. The highest BCUT2D eigenvalue weighted by Crippen LogP contribution is 2.26. The summed E-state index contributed by atoms with van der Waals surface area (Å²) in [6.07, 6.45) is 3.30. The molecule has 1 N–H and O–H groups in total. The monoisotopic (exact) mass is 423 g/mol. The molecule has 152 valence electrons. The van der Waals surface area contributed by atoms with Gasteiger partial charge in [-0.15, -0.1) is 11.3 Å². The number of halogens is 1. The average molecular weight is 423 g/mol. The van der Waals surface area contributed by atoms with E-state index in [1.54, 1.807) is 17.8 Å². The molecule has 4 rings (SSSR count). The molecular weight excluding hydrogens is 405 g/mol. The van der Waals surface area contributed by atoms with Crippen molar-refractivity contribution in [2.45, 2.75) is 25.7 Å². The van der Waals surface area contributed by atoms with E-state index in [0.717, 1.165) is 10.4 Å². The van der Waals surface area contributed by atoms with Crippen molar-refractivity contribution in [2.75, 3.05) is 0 Å². The number of carboxylic acids is 1. The van der Waals surface area contributed by atoms with E-state index in [1.807, 2.05) is 12.1 Å². The lowest BCUT2D eigenvalue weighted by atomic mass is 10.1. The Balaban J connectivity index is 1.82. The zero-order valence-corrected chi connectivity index (χ0v) is 16.7. The van der Waals surface area contributed by atoms with Gasteiger partial charge in [-0.1, -0.05) is 6.07 Å². The average Bonchev–Trinajstić information content (AvgIpc) is 3.27. The molecular formula is C22H18FN3O3S. The van der Waals surface area contributed by atoms with Crippen LogP contribution in [0.4, 0.5) is 4.39 Å². The number of benzene rings is 2. The predicted molar refractivity (Wildman–Crippen MR) is 114 cm³/mol. The molecule has 0 aliphatic carbocycles. The number of aromatic nitrogens is 3. The van der Waals surface area contributed by atoms with Crippen LogP contribution < -0.4 is 5.56 Å². The summed E-state index contributed by atoms with van der Waals surface area (Å²) >= 11 is 1.50. The minimum absolute atomic E-state index is 0.0594. The van der Waals surface area contributed by atoms with E-state index in [0.29, 0.717) is 41.7 Å². The Hall–Kier alpha value is -3.39. The van der Waals surface area contributed by atoms with Crippen LogP contribution >= 0.6 is 11.3 Å². The number of thiazole rings is 1. The van der Waals surface area contributed by atoms with Crippen molar-refractivity contribution < 1.29 is 14.3 Å². The Morgan fingerprint density at radius 2 is 1.93 bits per heavy atom. The largest absolute Gasteiger partial charge is 0.481 e. The molecule has 0 saturated carbocycles. The first-order valence-corrected chi connectivity index (χ1v) is 10.3. The number of aliphatic carboxylic acids is 1. The van der Waals surface area contributed by atoms with E-state index in [2.05, 4.69) is 4.98 Å². The van der Waals surface area contributed by atoms with Crippen molar-refractivity contribution in [1.29, 1.82) is 0 Å². The number of carboxylic acid groups (broad SMARTS) is 1. The molecule has 0 saturated heterocycles. The van der Waals surface area contributed by atoms with E-state index >= 15 is 0 Å². The fourth-order valence-corrected chi connectivity index (χ4v) is 3.95. The zero-order chi connectivity index (χ0) is 21.1. The highest BCUT2D eigenvalue weighted by Gasteiger charge is 2.14. The first kappa shape index (κ1) is 19.9. The highest BCUT2D eigenvalue weighted by atomic mass is 32.1. The molecule has 4 aromatic rings. The van der Waals surface area contributed by atoms with E-state index in [4.69, 9.17) is 10.1 Å². The van der Waals surface area contributed by atoms with Crippen LogP contribution in [0.1, 0.15) is 25.1 Å². The van der Waals surface area contributed by atoms with E-state index < -0.39 is 11.8 Å². The summed E-state index contributed by atoms with van der Waals surface area (Å²) in [6, 6.07) is 11.1. The second-order valence-electron chi connectivity index (χ2n) is 6.84. The summed E-state index contributed by atoms with van der Waals surface area (Å²) < 4.78 is 14.9. The van der Waals surface area contributed by atoms with Gasteiger partial charge in [0.2, 0.25) is 0 Å². The second kappa shape index (κ2) is 8.54. The fourth-order valence-electron chi connectivity index (χ4n) is 3.33. The summed E-state index contributed by atoms with van der Waals surface area (Å²) in [5.74, 6) is -0.727. The number of nitrogens with zero attached hydrogens (tertiary/aromatic N) is 3. The Bertz CT molecular complexity index is 1250. The summed E-state index contributed by atoms with van der Waals surface area (Å²) in [5.41, 5.74) is 3.52. The van der Waals surface area contributed by atoms with E-state index in [1.165, 1.54) is 40.2 Å². The van der Waals surface area contributed by atoms with Gasteiger partial charge in [-0.2, -0.15) is 0 Å². The molecule has 8 heteroatoms. The molecule has 0 spiro atoms. The third kappa shape index (κ3) is 4.13. The molecule has 0 atom stereocenters. The summed E-state index contributed by atoms with van der Waals surface area (Å²) in [4.78, 5) is 33.9. The quantitative estimate of drug-likeness (QED) is 0.444. The molecule has 2 heterocycles. The van der Waals surface area contributed by atoms with Crippen LogP contribution in [0, 0.1) is 5.82 Å². The van der Waals surface area contributed by atoms with E-state index in [-0.39, 0.29) is 12.0 Å². The first-order chi connectivity index (χ1) is 14.5. The van der Waals surface area contributed by atoms with Crippen molar-refractivity contribution in [1.82, 2.24) is 14.5 Å². The van der Waals surface area contributed by atoms with Gasteiger partial charge in [-0.25, -0.2) is 9.37 Å². The molecule has 0 fully saturated rings. The van der Waals surface area contributed by atoms with Crippen LogP contribution in [-0.2, 0) is 11.2 Å². The molecule has 0 aliphatic heterocycles. The summed E-state index contributed by atoms with van der Waals surface area (Å²) in [6.45, 7) is 0. The molecule has 0 bridgehead atoms. The number of carbonyl (C=O) groups is 1. The van der Waals surface area contributed by atoms with Crippen molar-refractivity contribution >= 4 is 28.2 Å². The van der Waals surface area contributed by atoms with Crippen molar-refractivity contribution in [3.63, 3.8) is 0 Å². The number of unbranched alkanes of at least 4 members (excludes halogenated alkanes) is 1. The van der Waals surface area contributed by atoms with Crippen LogP contribution in [0.3, 0.4) is 0 Å². The Morgan fingerprint density at radius 1 is 1.13 bits per heavy atom. The third-order valence-electron chi connectivity index (χ3n) is 4.78. The Labute approximate surface area is 175 Å². The maximum Gasteiger partial charge on any atom is 0.303 e. The normalized spacial score (nSPS) is 11.1. The smallest absolute Gasteiger partial charge is 0.303 e. The van der Waals surface area contributed by atoms with Crippen LogP contribution in [0.25, 0.3) is 27.0 Å². The number of hydrogen-bond donors (Lipinski definition) is 1. The molecule has 30 heavy (non-hydrogen) atoms. The van der Waals surface area contributed by atoms with Crippen LogP contribution in [-0.4, -0.2) is 25.6 Å². The maximum atomic E-state index is 13.4. The van der Waals surface area contributed by atoms with Gasteiger partial charge in [0.25, 0.3) is 5.56 Å². The van der Waals surface area contributed by atoms with Gasteiger partial charge in [0.15, 0.2) is 0 Å². The number of hydrogen-bond acceptors (Lipinski definition) is 5. The van der Waals surface area contributed by atoms with E-state index in [9.17, 15) is 14.0 Å². The van der Waals surface area contributed by atoms with Gasteiger partial charge in [0.05, 0.1) is 27.0 Å². The van der Waals surface area contributed by atoms with Crippen molar-refractivity contribution in [3.05, 3.63) is 76.2 Å². The summed E-state index contributed by atoms with van der Waals surface area (Å²) in [5, 5.41) is 9.33. The lowest BCUT2D eigenvalue weighted by Gasteiger charge is -2.14.